The molecule has 8 atom stereocenters. The van der Waals surface area contributed by atoms with Crippen LogP contribution in [0.3, 0.4) is 0 Å². The van der Waals surface area contributed by atoms with Crippen molar-refractivity contribution >= 4 is 111 Å². The van der Waals surface area contributed by atoms with Gasteiger partial charge in [0.25, 0.3) is 0 Å². The van der Waals surface area contributed by atoms with E-state index < -0.39 is 161 Å². The Hall–Kier alpha value is -6.08. The monoisotopic (exact) mass is 1430 g/mol. The van der Waals surface area contributed by atoms with Gasteiger partial charge < -0.3 is 20.9 Å². The maximum atomic E-state index is 15.1. The minimum atomic E-state index is -3.88. The van der Waals surface area contributed by atoms with E-state index >= 15 is 9.59 Å². The first kappa shape index (κ1) is 81.0. The number of likely N-dealkylation sites (N-methyl/N-ethyl adjacent to an activating group) is 7. The first-order chi connectivity index (χ1) is 42.7. The topological polar surface area (TPSA) is 321 Å². The fourth-order valence-corrected chi connectivity index (χ4v) is 16.9. The summed E-state index contributed by atoms with van der Waals surface area (Å²) in [5.74, 6) is -7.69. The fraction of sp³-hybridized carbons (Fsp3) is 0.694. The van der Waals surface area contributed by atoms with Crippen molar-refractivity contribution in [2.75, 3.05) is 87.8 Å². The molecule has 514 valence electrons. The molecule has 2 rings (SSSR count). The Balaban J connectivity index is 2.63. The zero-order valence-corrected chi connectivity index (χ0v) is 60.3. The van der Waals surface area contributed by atoms with Crippen LogP contribution in [0.1, 0.15) is 127 Å². The van der Waals surface area contributed by atoms with Crippen LogP contribution in [0.2, 0.25) is 0 Å². The van der Waals surface area contributed by atoms with Crippen LogP contribution in [0.15, 0.2) is 41.6 Å². The molecule has 0 spiro atoms. The Bertz CT molecular complexity index is 2640. The van der Waals surface area contributed by atoms with Crippen LogP contribution < -0.4 is 26.6 Å². The summed E-state index contributed by atoms with van der Waals surface area (Å²) < 4.78 is -0.872. The van der Waals surface area contributed by atoms with Gasteiger partial charge in [0.05, 0.1) is 13.1 Å². The Labute approximate surface area is 554 Å². The van der Waals surface area contributed by atoms with Crippen LogP contribution in [0.25, 0.3) is 0 Å². The van der Waals surface area contributed by atoms with Gasteiger partial charge in [-0.15, -0.1) is 0 Å². The zero-order valence-electron chi connectivity index (χ0n) is 56.5. The molecule has 12 amide bonds. The molecule has 2 heterocycles. The molecule has 1 aliphatic rings. The molecule has 1 saturated heterocycles. The van der Waals surface area contributed by atoms with Gasteiger partial charge in [0, 0.05) is 32.0 Å². The predicted molar refractivity (Wildman–Crippen MR) is 362 cm³/mol. The quantitative estimate of drug-likeness (QED) is 0.0149. The van der Waals surface area contributed by atoms with Crippen molar-refractivity contribution in [2.24, 2.45) is 23.7 Å². The zero-order chi connectivity index (χ0) is 69.0. The SMILES string of the molecule is C/C=C/C[C@@H](C)[C@@H](O)I1C(=O)N[C@@H](CC)C(=O)N(C)CC(=O)N(C)CC(=O)N[C@@H](CCCCNC(=O)CCCSSc2ccccn2)C(=O)N(C)CC(=O)NCC(=O)NC(C)C(=O)N(C)C(CC(C)C)C(=O)N(C)[C@@H](CC(C)C)C(=O)N(C)[C@@H](C(C)C)C(=O)N1C. The maximum absolute atomic E-state index is 15.1. The second kappa shape index (κ2) is 40.8. The summed E-state index contributed by atoms with van der Waals surface area (Å²) in [5.41, 5.74) is 0. The molecule has 1 fully saturated rings. The number of carbonyl (C=O) groups is 12. The Kier molecular flexibility index (Phi) is 36.3. The number of aliphatic hydroxyl groups excluding tert-OH is 1. The molecule has 1 aromatic rings. The number of allylic oxidation sites excluding steroid dienone is 2. The van der Waals surface area contributed by atoms with Crippen LogP contribution in [0.5, 0.6) is 0 Å². The van der Waals surface area contributed by atoms with Gasteiger partial charge in [-0.2, -0.15) is 0 Å². The standard InChI is InChI=1S/C62H104IN13O13S2/c1-18-20-26-42(9)55(82)63-62(89)69-44(19-2)57(84)72(13)38-53(81)70(11)37-51(80)68-45(27-21-23-30-64-48(77)28-25-32-90-91-52-29-22-24-31-65-52)58(85)71(12)36-50(79)66-35-49(78)67-43(10)56(83)73(14)46(33-39(3)4)59(86)74(15)47(34-40(5)6)60(87)75(16)54(41(7)8)61(88)76(63)17/h18,20,22,24,29,31,39-47,54-55,82H,19,21,23,25-28,30,32-38H2,1-17H3,(H,64,77)(H,66,79)(H,67,78)(H,68,80)(H,69,89)/b20-18+/t42-,43?,44+,45+,46?,47+,54+,55-/m1/s1. The van der Waals surface area contributed by atoms with Crippen LogP contribution in [-0.4, -0.2) is 240 Å². The van der Waals surface area contributed by atoms with Crippen molar-refractivity contribution in [3.63, 3.8) is 0 Å². The Morgan fingerprint density at radius 1 is 0.703 bits per heavy atom. The molecule has 0 radical (unpaired) electrons. The number of nitrogens with zero attached hydrogens (tertiary/aromatic N) is 8. The molecule has 6 N–H and O–H groups in total. The molecule has 1 aliphatic heterocycles. The molecule has 2 unspecified atom stereocenters. The van der Waals surface area contributed by atoms with Gasteiger partial charge >= 0.3 is 367 Å². The van der Waals surface area contributed by atoms with Crippen LogP contribution in [0.4, 0.5) is 4.79 Å². The predicted octanol–water partition coefficient (Wildman–Crippen LogP) is 3.90. The van der Waals surface area contributed by atoms with E-state index in [1.54, 1.807) is 57.7 Å². The fourth-order valence-electron chi connectivity index (χ4n) is 9.89. The molecule has 0 saturated carbocycles. The third-order valence-electron chi connectivity index (χ3n) is 15.2. The van der Waals surface area contributed by atoms with E-state index in [-0.39, 0.29) is 50.0 Å². The summed E-state index contributed by atoms with van der Waals surface area (Å²) in [5, 5.41) is 26.3. The Morgan fingerprint density at radius 2 is 1.29 bits per heavy atom. The third-order valence-corrected chi connectivity index (χ3v) is 23.3. The number of alkyl halides is 1. The summed E-state index contributed by atoms with van der Waals surface area (Å²) in [6, 6.07) is -1.56. The number of aromatic nitrogens is 1. The van der Waals surface area contributed by atoms with E-state index in [0.717, 1.165) is 25.5 Å². The van der Waals surface area contributed by atoms with Crippen molar-refractivity contribution < 1.29 is 62.6 Å². The molecule has 1 aromatic heterocycles. The summed E-state index contributed by atoms with van der Waals surface area (Å²) in [4.78, 5) is 180. The number of rotatable bonds is 21. The molecule has 26 nitrogen and oxygen atoms in total. The van der Waals surface area contributed by atoms with Gasteiger partial charge in [-0.1, -0.05) is 16.9 Å². The number of aliphatic hydroxyl groups is 1. The van der Waals surface area contributed by atoms with Crippen molar-refractivity contribution in [1.29, 1.82) is 0 Å². The van der Waals surface area contributed by atoms with Gasteiger partial charge in [0.15, 0.2) is 0 Å². The number of hydrogen-bond acceptors (Lipinski definition) is 16. The summed E-state index contributed by atoms with van der Waals surface area (Å²) >= 11 is -3.88. The molecule has 29 heteroatoms. The van der Waals surface area contributed by atoms with E-state index in [0.29, 0.717) is 32.1 Å². The number of nitrogens with one attached hydrogen (secondary N) is 5. The molecular weight excluding hydrogens is 1330 g/mol. The number of halogens is 1. The van der Waals surface area contributed by atoms with Crippen molar-refractivity contribution in [3.8, 4) is 0 Å². The van der Waals surface area contributed by atoms with E-state index in [1.807, 2.05) is 52.0 Å². The van der Waals surface area contributed by atoms with Gasteiger partial charge in [-0.3, -0.25) is 19.2 Å². The average Bonchev–Trinajstić information content (AvgIpc) is 1.90. The molecule has 91 heavy (non-hydrogen) atoms. The van der Waals surface area contributed by atoms with Crippen molar-refractivity contribution in [2.45, 2.75) is 172 Å². The third kappa shape index (κ3) is 26.8. The molecule has 0 aliphatic carbocycles. The summed E-state index contributed by atoms with van der Waals surface area (Å²) in [6.07, 6.45) is 7.73. The van der Waals surface area contributed by atoms with Crippen LogP contribution in [0, 0.1) is 23.7 Å². The van der Waals surface area contributed by atoms with Crippen molar-refractivity contribution in [3.05, 3.63) is 36.5 Å². The van der Waals surface area contributed by atoms with Crippen LogP contribution >= 0.6 is 41.7 Å². The first-order valence-electron chi connectivity index (χ1n) is 31.1. The van der Waals surface area contributed by atoms with E-state index in [9.17, 15) is 53.1 Å². The number of carbonyl (C=O) groups excluding carboxylic acids is 12. The summed E-state index contributed by atoms with van der Waals surface area (Å²) in [7, 11) is 12.8. The normalized spacial score (nSPS) is 22.7. The molecular formula is C62H104IN13O13S2. The Morgan fingerprint density at radius 3 is 1.86 bits per heavy atom. The first-order valence-corrected chi connectivity index (χ1v) is 36.7. The van der Waals surface area contributed by atoms with E-state index in [2.05, 4.69) is 31.6 Å². The van der Waals surface area contributed by atoms with Crippen molar-refractivity contribution in [1.82, 2.24) is 64.1 Å². The van der Waals surface area contributed by atoms with Gasteiger partial charge in [-0.25, -0.2) is 4.98 Å². The summed E-state index contributed by atoms with van der Waals surface area (Å²) in [6.45, 7) is 15.5. The number of pyridine rings is 1. The molecule has 0 bridgehead atoms. The number of amides is 12. The number of unbranched alkanes of at least 4 members (excludes halogenated alkanes) is 1. The number of hydrogen-bond donors (Lipinski definition) is 6. The second-order valence-electron chi connectivity index (χ2n) is 24.3. The van der Waals surface area contributed by atoms with Crippen LogP contribution in [-0.2, 0) is 52.7 Å². The van der Waals surface area contributed by atoms with E-state index in [4.69, 9.17) is 0 Å². The van der Waals surface area contributed by atoms with Gasteiger partial charge in [0.2, 0.25) is 23.6 Å². The molecule has 0 aromatic carbocycles. The average molecular weight is 1430 g/mol. The van der Waals surface area contributed by atoms with E-state index in [1.165, 1.54) is 84.9 Å². The van der Waals surface area contributed by atoms with Gasteiger partial charge in [-0.05, 0) is 55.5 Å². The van der Waals surface area contributed by atoms with Gasteiger partial charge in [0.1, 0.15) is 5.03 Å². The second-order valence-corrected chi connectivity index (χ2v) is 32.1. The minimum absolute atomic E-state index is 0.0306.